The van der Waals surface area contributed by atoms with E-state index in [9.17, 15) is 9.59 Å². The topological polar surface area (TPSA) is 93.1 Å². The Balaban J connectivity index is 1.58. The molecule has 0 aliphatic heterocycles. The summed E-state index contributed by atoms with van der Waals surface area (Å²) < 4.78 is 11.3. The van der Waals surface area contributed by atoms with Crippen LogP contribution >= 0.6 is 0 Å². The number of ether oxygens (including phenoxy) is 2. The van der Waals surface area contributed by atoms with Gasteiger partial charge in [-0.05, 0) is 66.8 Å². The van der Waals surface area contributed by atoms with Crippen molar-refractivity contribution in [1.29, 1.82) is 0 Å². The number of carbonyl (C=O) groups is 2. The number of benzene rings is 2. The van der Waals surface area contributed by atoms with Crippen molar-refractivity contribution in [3.05, 3.63) is 71.8 Å². The third-order valence-electron chi connectivity index (χ3n) is 3.92. The first-order valence-corrected chi connectivity index (χ1v) is 9.31. The minimum Gasteiger partial charge on any atom is -0.494 e. The van der Waals surface area contributed by atoms with E-state index in [2.05, 4.69) is 0 Å². The van der Waals surface area contributed by atoms with Gasteiger partial charge in [0.05, 0.1) is 13.2 Å². The molecule has 0 bridgehead atoms. The molecule has 0 aromatic heterocycles. The number of carboxylic acid groups (broad SMARTS) is 2. The molecule has 2 rings (SSSR count). The first-order valence-electron chi connectivity index (χ1n) is 9.31. The first-order chi connectivity index (χ1) is 14.0. The number of aliphatic carboxylic acids is 2. The van der Waals surface area contributed by atoms with E-state index in [1.54, 1.807) is 0 Å². The van der Waals surface area contributed by atoms with Crippen LogP contribution in [0.2, 0.25) is 0 Å². The highest BCUT2D eigenvalue weighted by atomic mass is 16.5. The Morgan fingerprint density at radius 2 is 1.03 bits per heavy atom. The quantitative estimate of drug-likeness (QED) is 0.405. The molecule has 0 heterocycles. The van der Waals surface area contributed by atoms with Crippen molar-refractivity contribution in [3.63, 3.8) is 0 Å². The second-order valence-electron chi connectivity index (χ2n) is 6.24. The molecule has 0 fully saturated rings. The molecule has 6 nitrogen and oxygen atoms in total. The van der Waals surface area contributed by atoms with Crippen molar-refractivity contribution in [3.8, 4) is 11.5 Å². The SMILES string of the molecule is O=C(O)C=Cc1ccc(OCCCCCOc2ccc(C=CC(=O)O)cc2)cc1. The lowest BCUT2D eigenvalue weighted by atomic mass is 10.2. The van der Waals surface area contributed by atoms with Gasteiger partial charge in [-0.2, -0.15) is 0 Å². The molecule has 0 saturated carbocycles. The zero-order valence-electron chi connectivity index (χ0n) is 16.0. The van der Waals surface area contributed by atoms with Crippen LogP contribution in [-0.2, 0) is 9.59 Å². The van der Waals surface area contributed by atoms with Crippen molar-refractivity contribution >= 4 is 24.1 Å². The average Bonchev–Trinajstić information content (AvgIpc) is 2.71. The van der Waals surface area contributed by atoms with Crippen LogP contribution in [0.25, 0.3) is 12.2 Å². The van der Waals surface area contributed by atoms with E-state index in [0.29, 0.717) is 13.2 Å². The Kier molecular flexibility index (Phi) is 9.02. The lowest BCUT2D eigenvalue weighted by molar-refractivity contribution is -0.132. The molecular formula is C23H24O6. The number of carboxylic acids is 2. The smallest absolute Gasteiger partial charge is 0.328 e. The molecule has 2 aromatic rings. The van der Waals surface area contributed by atoms with Crippen molar-refractivity contribution in [2.45, 2.75) is 19.3 Å². The molecule has 29 heavy (non-hydrogen) atoms. The Hall–Kier alpha value is -3.54. The summed E-state index contributed by atoms with van der Waals surface area (Å²) in [6.45, 7) is 1.21. The molecule has 0 spiro atoms. The van der Waals surface area contributed by atoms with E-state index < -0.39 is 11.9 Å². The van der Waals surface area contributed by atoms with Crippen molar-refractivity contribution < 1.29 is 29.3 Å². The molecule has 2 N–H and O–H groups in total. The lowest BCUT2D eigenvalue weighted by Crippen LogP contribution is -2.01. The molecule has 0 unspecified atom stereocenters. The summed E-state index contributed by atoms with van der Waals surface area (Å²) in [5.74, 6) is -0.435. The van der Waals surface area contributed by atoms with Crippen LogP contribution in [0.15, 0.2) is 60.7 Å². The van der Waals surface area contributed by atoms with Gasteiger partial charge in [-0.1, -0.05) is 24.3 Å². The van der Waals surface area contributed by atoms with Crippen LogP contribution in [-0.4, -0.2) is 35.4 Å². The van der Waals surface area contributed by atoms with Crippen LogP contribution in [0.1, 0.15) is 30.4 Å². The normalized spacial score (nSPS) is 11.0. The molecular weight excluding hydrogens is 372 g/mol. The van der Waals surface area contributed by atoms with Gasteiger partial charge in [0.15, 0.2) is 0 Å². The lowest BCUT2D eigenvalue weighted by Gasteiger charge is -2.08. The summed E-state index contributed by atoms with van der Waals surface area (Å²) in [6, 6.07) is 14.5. The molecule has 0 radical (unpaired) electrons. The minimum atomic E-state index is -0.973. The van der Waals surface area contributed by atoms with E-state index in [4.69, 9.17) is 19.7 Å². The molecule has 2 aromatic carbocycles. The van der Waals surface area contributed by atoms with Crippen molar-refractivity contribution in [2.24, 2.45) is 0 Å². The monoisotopic (exact) mass is 396 g/mol. The Morgan fingerprint density at radius 1 is 0.655 bits per heavy atom. The van der Waals surface area contributed by atoms with Gasteiger partial charge >= 0.3 is 11.9 Å². The summed E-state index contributed by atoms with van der Waals surface area (Å²) in [5, 5.41) is 17.2. The highest BCUT2D eigenvalue weighted by molar-refractivity contribution is 5.85. The largest absolute Gasteiger partial charge is 0.494 e. The van der Waals surface area contributed by atoms with Gasteiger partial charge < -0.3 is 19.7 Å². The Bertz CT molecular complexity index is 763. The molecule has 0 amide bonds. The summed E-state index contributed by atoms with van der Waals surface area (Å²) in [5.41, 5.74) is 1.62. The third kappa shape index (κ3) is 9.28. The summed E-state index contributed by atoms with van der Waals surface area (Å²) in [7, 11) is 0. The number of hydrogen-bond acceptors (Lipinski definition) is 4. The van der Waals surface area contributed by atoms with E-state index in [0.717, 1.165) is 54.0 Å². The van der Waals surface area contributed by atoms with Crippen LogP contribution in [0.4, 0.5) is 0 Å². The highest BCUT2D eigenvalue weighted by Gasteiger charge is 1.97. The van der Waals surface area contributed by atoms with Gasteiger partial charge in [0.25, 0.3) is 0 Å². The zero-order valence-corrected chi connectivity index (χ0v) is 16.0. The van der Waals surface area contributed by atoms with Crippen molar-refractivity contribution in [2.75, 3.05) is 13.2 Å². The van der Waals surface area contributed by atoms with Gasteiger partial charge in [-0.25, -0.2) is 9.59 Å². The maximum absolute atomic E-state index is 10.5. The maximum atomic E-state index is 10.5. The van der Waals surface area contributed by atoms with Crippen LogP contribution in [0, 0.1) is 0 Å². The van der Waals surface area contributed by atoms with Crippen LogP contribution in [0.5, 0.6) is 11.5 Å². The van der Waals surface area contributed by atoms with E-state index >= 15 is 0 Å². The van der Waals surface area contributed by atoms with Crippen LogP contribution in [0.3, 0.4) is 0 Å². The van der Waals surface area contributed by atoms with E-state index in [-0.39, 0.29) is 0 Å². The van der Waals surface area contributed by atoms with Gasteiger partial charge in [0, 0.05) is 12.2 Å². The fraction of sp³-hybridized carbons (Fsp3) is 0.217. The van der Waals surface area contributed by atoms with Gasteiger partial charge in [0.1, 0.15) is 11.5 Å². The summed E-state index contributed by atoms with van der Waals surface area (Å²) >= 11 is 0. The second kappa shape index (κ2) is 12.0. The molecule has 0 saturated heterocycles. The third-order valence-corrected chi connectivity index (χ3v) is 3.92. The molecule has 152 valence electrons. The van der Waals surface area contributed by atoms with E-state index in [1.807, 2.05) is 48.5 Å². The number of unbranched alkanes of at least 4 members (excludes halogenated alkanes) is 2. The first kappa shape index (κ1) is 21.8. The molecule has 0 atom stereocenters. The van der Waals surface area contributed by atoms with Gasteiger partial charge in [-0.15, -0.1) is 0 Å². The van der Waals surface area contributed by atoms with Gasteiger partial charge in [0.2, 0.25) is 0 Å². The standard InChI is InChI=1S/C23H24O6/c24-22(25)14-8-18-4-10-20(11-5-18)28-16-2-1-3-17-29-21-12-6-19(7-13-21)9-15-23(26)27/h4-15H,1-3,16-17H2,(H,24,25)(H,26,27). The summed E-state index contributed by atoms with van der Waals surface area (Å²) in [6.07, 6.45) is 8.05. The minimum absolute atomic E-state index is 0.606. The summed E-state index contributed by atoms with van der Waals surface area (Å²) in [4.78, 5) is 21.0. The van der Waals surface area contributed by atoms with E-state index in [1.165, 1.54) is 12.2 Å². The fourth-order valence-electron chi connectivity index (χ4n) is 2.45. The predicted molar refractivity (Wildman–Crippen MR) is 111 cm³/mol. The Labute approximate surface area is 169 Å². The number of rotatable bonds is 12. The zero-order chi connectivity index (χ0) is 20.9. The second-order valence-corrected chi connectivity index (χ2v) is 6.24. The molecule has 0 aliphatic carbocycles. The fourth-order valence-corrected chi connectivity index (χ4v) is 2.45. The number of hydrogen-bond donors (Lipinski definition) is 2. The molecule has 0 aliphatic rings. The Morgan fingerprint density at radius 3 is 1.38 bits per heavy atom. The predicted octanol–water partition coefficient (Wildman–Crippen LogP) is 4.51. The molecule has 6 heteroatoms. The van der Waals surface area contributed by atoms with Crippen molar-refractivity contribution in [1.82, 2.24) is 0 Å². The highest BCUT2D eigenvalue weighted by Crippen LogP contribution is 2.15. The van der Waals surface area contributed by atoms with Gasteiger partial charge in [-0.3, -0.25) is 0 Å². The maximum Gasteiger partial charge on any atom is 0.328 e. The average molecular weight is 396 g/mol. The van der Waals surface area contributed by atoms with Crippen LogP contribution < -0.4 is 9.47 Å².